The molecular weight excluding hydrogens is 490 g/mol. The minimum absolute atomic E-state index is 0.117. The minimum Gasteiger partial charge on any atom is -0.464 e. The summed E-state index contributed by atoms with van der Waals surface area (Å²) < 4.78 is 38.8. The molecule has 5 heterocycles. The summed E-state index contributed by atoms with van der Waals surface area (Å²) in [5.74, 6) is -1.51. The van der Waals surface area contributed by atoms with Gasteiger partial charge in [0.15, 0.2) is 17.8 Å². The lowest BCUT2D eigenvalue weighted by Crippen LogP contribution is -2.49. The summed E-state index contributed by atoms with van der Waals surface area (Å²) >= 11 is 0. The highest BCUT2D eigenvalue weighted by molar-refractivity contribution is 5.78. The summed E-state index contributed by atoms with van der Waals surface area (Å²) in [4.78, 5) is 19.6. The van der Waals surface area contributed by atoms with Crippen LogP contribution < -0.4 is 0 Å². The molecule has 0 N–H and O–H groups in total. The van der Waals surface area contributed by atoms with E-state index in [1.165, 1.54) is 12.8 Å². The number of rotatable bonds is 3. The van der Waals surface area contributed by atoms with E-state index in [1.807, 2.05) is 30.3 Å². The average Bonchev–Trinajstić information content (AvgIpc) is 3.75. The SMILES string of the molecule is O=C1OC[C@H]2[C@@H]1N([C@@H]1O[C@@H]([C@@H]3COC4(CCCCC4)O3)[C@H]3OC4(CCCCC4)O[C@H]31)O[C@H]2c1ccccc1. The monoisotopic (exact) mass is 527 g/mol. The highest BCUT2D eigenvalue weighted by Crippen LogP contribution is 2.52. The summed E-state index contributed by atoms with van der Waals surface area (Å²) in [6.07, 6.45) is 8.12. The minimum atomic E-state index is -0.607. The largest absolute Gasteiger partial charge is 0.464 e. The third-order valence-electron chi connectivity index (χ3n) is 9.74. The zero-order chi connectivity index (χ0) is 25.3. The van der Waals surface area contributed by atoms with Crippen LogP contribution in [-0.2, 0) is 38.1 Å². The predicted octanol–water partition coefficient (Wildman–Crippen LogP) is 3.76. The van der Waals surface area contributed by atoms with E-state index in [0.717, 1.165) is 56.9 Å². The fraction of sp³-hybridized carbons (Fsp3) is 0.759. The molecule has 2 aliphatic carbocycles. The van der Waals surface area contributed by atoms with Crippen LogP contribution >= 0.6 is 0 Å². The number of cyclic esters (lactones) is 1. The smallest absolute Gasteiger partial charge is 0.326 e. The Hall–Kier alpha value is -1.59. The first-order valence-corrected chi connectivity index (χ1v) is 14.6. The van der Waals surface area contributed by atoms with Crippen LogP contribution in [0.1, 0.15) is 75.9 Å². The summed E-state index contributed by atoms with van der Waals surface area (Å²) in [6, 6.07) is 9.48. The van der Waals surface area contributed by atoms with Crippen molar-refractivity contribution in [2.75, 3.05) is 13.2 Å². The predicted molar refractivity (Wildman–Crippen MR) is 131 cm³/mol. The molecule has 5 saturated heterocycles. The molecule has 8 atom stereocenters. The Balaban J connectivity index is 1.10. The average molecular weight is 528 g/mol. The van der Waals surface area contributed by atoms with E-state index in [-0.39, 0.29) is 36.3 Å². The van der Waals surface area contributed by atoms with Crippen molar-refractivity contribution >= 4 is 5.97 Å². The van der Waals surface area contributed by atoms with Crippen molar-refractivity contribution in [2.45, 2.75) is 119 Å². The lowest BCUT2D eigenvalue weighted by atomic mass is 9.92. The van der Waals surface area contributed by atoms with Crippen molar-refractivity contribution < 1.29 is 38.1 Å². The lowest BCUT2D eigenvalue weighted by molar-refractivity contribution is -0.301. The number of benzene rings is 1. The maximum Gasteiger partial charge on any atom is 0.326 e. The molecule has 2 spiro atoms. The molecule has 0 bridgehead atoms. The molecule has 1 aromatic rings. The molecule has 0 unspecified atom stereocenters. The topological polar surface area (TPSA) is 84.9 Å². The number of esters is 1. The highest BCUT2D eigenvalue weighted by Gasteiger charge is 2.66. The molecule has 1 aromatic carbocycles. The van der Waals surface area contributed by atoms with Gasteiger partial charge in [-0.2, -0.15) is 0 Å². The molecule has 206 valence electrons. The fourth-order valence-electron chi connectivity index (χ4n) is 7.89. The molecule has 9 nitrogen and oxygen atoms in total. The van der Waals surface area contributed by atoms with Crippen LogP contribution in [0.4, 0.5) is 0 Å². The molecule has 0 aromatic heterocycles. The van der Waals surface area contributed by atoms with Crippen LogP contribution in [0.2, 0.25) is 0 Å². The Kier molecular flexibility index (Phi) is 5.88. The van der Waals surface area contributed by atoms with Crippen molar-refractivity contribution in [3.05, 3.63) is 35.9 Å². The molecule has 0 radical (unpaired) electrons. The molecule has 7 fully saturated rings. The number of carbonyl (C=O) groups is 1. The van der Waals surface area contributed by atoms with Gasteiger partial charge in [-0.1, -0.05) is 43.2 Å². The van der Waals surface area contributed by atoms with Gasteiger partial charge < -0.3 is 28.4 Å². The van der Waals surface area contributed by atoms with Gasteiger partial charge in [0, 0.05) is 25.7 Å². The second-order valence-corrected chi connectivity index (χ2v) is 12.1. The number of carbonyl (C=O) groups excluding carboxylic acids is 1. The number of hydrogen-bond acceptors (Lipinski definition) is 9. The quantitative estimate of drug-likeness (QED) is 0.546. The van der Waals surface area contributed by atoms with Crippen molar-refractivity contribution in [3.63, 3.8) is 0 Å². The van der Waals surface area contributed by atoms with Gasteiger partial charge >= 0.3 is 5.97 Å². The maximum atomic E-state index is 13.0. The summed E-state index contributed by atoms with van der Waals surface area (Å²) in [6.45, 7) is 0.797. The zero-order valence-electron chi connectivity index (χ0n) is 21.7. The third-order valence-corrected chi connectivity index (χ3v) is 9.74. The summed E-state index contributed by atoms with van der Waals surface area (Å²) in [7, 11) is 0. The zero-order valence-corrected chi connectivity index (χ0v) is 21.7. The van der Waals surface area contributed by atoms with Gasteiger partial charge in [-0.3, -0.25) is 9.63 Å². The van der Waals surface area contributed by atoms with Gasteiger partial charge in [0.2, 0.25) is 0 Å². The first-order chi connectivity index (χ1) is 18.6. The Morgan fingerprint density at radius 2 is 1.47 bits per heavy atom. The normalized spacial score (nSPS) is 43.5. The molecule has 38 heavy (non-hydrogen) atoms. The Morgan fingerprint density at radius 1 is 0.763 bits per heavy atom. The van der Waals surface area contributed by atoms with Crippen LogP contribution in [-0.4, -0.2) is 72.5 Å². The highest BCUT2D eigenvalue weighted by atomic mass is 16.8. The second-order valence-electron chi connectivity index (χ2n) is 12.1. The number of fused-ring (bicyclic) bond motifs is 2. The van der Waals surface area contributed by atoms with Gasteiger partial charge in [0.1, 0.15) is 36.6 Å². The van der Waals surface area contributed by atoms with Crippen molar-refractivity contribution in [3.8, 4) is 0 Å². The van der Waals surface area contributed by atoms with Gasteiger partial charge in [-0.15, -0.1) is 5.06 Å². The van der Waals surface area contributed by atoms with E-state index < -0.39 is 29.9 Å². The molecule has 8 rings (SSSR count). The van der Waals surface area contributed by atoms with Crippen LogP contribution in [0, 0.1) is 5.92 Å². The second kappa shape index (κ2) is 9.23. The fourth-order valence-corrected chi connectivity index (χ4v) is 7.89. The summed E-state index contributed by atoms with van der Waals surface area (Å²) in [5.41, 5.74) is 1.02. The van der Waals surface area contributed by atoms with E-state index in [4.69, 9.17) is 33.3 Å². The van der Waals surface area contributed by atoms with Crippen LogP contribution in [0.25, 0.3) is 0 Å². The first kappa shape index (κ1) is 24.2. The van der Waals surface area contributed by atoms with Crippen LogP contribution in [0.5, 0.6) is 0 Å². The van der Waals surface area contributed by atoms with Crippen molar-refractivity contribution in [1.29, 1.82) is 0 Å². The Morgan fingerprint density at radius 3 is 2.24 bits per heavy atom. The van der Waals surface area contributed by atoms with Gasteiger partial charge in [0.05, 0.1) is 19.1 Å². The van der Waals surface area contributed by atoms with Crippen molar-refractivity contribution in [2.24, 2.45) is 5.92 Å². The molecule has 7 aliphatic rings. The Bertz CT molecular complexity index is 1040. The van der Waals surface area contributed by atoms with Gasteiger partial charge in [0.25, 0.3) is 0 Å². The number of hydrogen-bond donors (Lipinski definition) is 0. The van der Waals surface area contributed by atoms with E-state index >= 15 is 0 Å². The number of ether oxygens (including phenoxy) is 6. The number of nitrogens with zero attached hydrogens (tertiary/aromatic N) is 1. The molecule has 9 heteroatoms. The molecule has 0 amide bonds. The van der Waals surface area contributed by atoms with Crippen molar-refractivity contribution in [1.82, 2.24) is 5.06 Å². The van der Waals surface area contributed by atoms with E-state index in [0.29, 0.717) is 13.2 Å². The van der Waals surface area contributed by atoms with Gasteiger partial charge in [-0.25, -0.2) is 0 Å². The van der Waals surface area contributed by atoms with E-state index in [1.54, 1.807) is 5.06 Å². The number of hydroxylamine groups is 2. The lowest BCUT2D eigenvalue weighted by Gasteiger charge is -2.36. The maximum absolute atomic E-state index is 13.0. The van der Waals surface area contributed by atoms with E-state index in [2.05, 4.69) is 0 Å². The third kappa shape index (κ3) is 3.81. The standard InChI is InChI=1S/C29H37NO8/c31-27-21-19(16-32-27)22(18-10-4-1-5-11-18)38-30(21)26-25-24(36-29(37-25)14-8-3-9-15-29)23(34-26)20-17-33-28(35-20)12-6-2-7-13-28/h1,4-5,10-11,19-26H,2-3,6-9,12-17H2/t19-,20-,21-,22-,23-,24+,25+,26+/m0/s1. The molecule has 5 aliphatic heterocycles. The van der Waals surface area contributed by atoms with Crippen LogP contribution in [0.15, 0.2) is 30.3 Å². The molecular formula is C29H37NO8. The Labute approximate surface area is 222 Å². The van der Waals surface area contributed by atoms with Crippen LogP contribution in [0.3, 0.4) is 0 Å². The summed E-state index contributed by atoms with van der Waals surface area (Å²) in [5, 5.41) is 1.73. The molecule has 2 saturated carbocycles. The first-order valence-electron chi connectivity index (χ1n) is 14.6. The van der Waals surface area contributed by atoms with E-state index in [9.17, 15) is 4.79 Å². The van der Waals surface area contributed by atoms with Gasteiger partial charge in [-0.05, 0) is 31.2 Å².